The Kier molecular flexibility index (Phi) is 5.21. The highest BCUT2D eigenvalue weighted by Crippen LogP contribution is 2.35. The molecular weight excluding hydrogens is 230 g/mol. The van der Waals surface area contributed by atoms with Gasteiger partial charge in [0.15, 0.2) is 5.88 Å². The van der Waals surface area contributed by atoms with Gasteiger partial charge in [0.1, 0.15) is 6.29 Å². The van der Waals surface area contributed by atoms with Gasteiger partial charge in [0.25, 0.3) is 0 Å². The number of thioether (sulfide) groups is 1. The van der Waals surface area contributed by atoms with Crippen LogP contribution in [0.1, 0.15) is 12.8 Å². The molecule has 0 spiro atoms. The van der Waals surface area contributed by atoms with E-state index in [9.17, 15) is 15.0 Å². The van der Waals surface area contributed by atoms with Crippen LogP contribution in [-0.2, 0) is 11.3 Å². The summed E-state index contributed by atoms with van der Waals surface area (Å²) in [5.74, 6) is 0.592. The van der Waals surface area contributed by atoms with Crippen molar-refractivity contribution >= 4 is 18.0 Å². The number of aldehydes is 1. The summed E-state index contributed by atoms with van der Waals surface area (Å²) in [4.78, 5) is 10.8. The topological polar surface area (TPSA) is 82.7 Å². The number of carbonyl (C=O) groups is 1. The number of hydrogen-bond donors (Lipinski definition) is 3. The lowest BCUT2D eigenvalue weighted by Gasteiger charge is -2.04. The van der Waals surface area contributed by atoms with E-state index in [1.807, 2.05) is 0 Å². The van der Waals surface area contributed by atoms with Crippen LogP contribution in [0.15, 0.2) is 11.0 Å². The van der Waals surface area contributed by atoms with E-state index in [2.05, 4.69) is 0 Å². The first-order valence-electron chi connectivity index (χ1n) is 4.99. The number of rotatable bonds is 7. The van der Waals surface area contributed by atoms with Gasteiger partial charge in [0.05, 0.1) is 4.90 Å². The van der Waals surface area contributed by atoms with Crippen LogP contribution in [0.2, 0.25) is 0 Å². The van der Waals surface area contributed by atoms with E-state index in [0.717, 1.165) is 6.29 Å². The first-order valence-corrected chi connectivity index (χ1v) is 5.98. The summed E-state index contributed by atoms with van der Waals surface area (Å²) in [6.45, 7) is 0.368. The van der Waals surface area contributed by atoms with Gasteiger partial charge in [-0.3, -0.25) is 4.57 Å². The Morgan fingerprint density at radius 1 is 1.44 bits per heavy atom. The van der Waals surface area contributed by atoms with Crippen LogP contribution in [0.25, 0.3) is 0 Å². The van der Waals surface area contributed by atoms with Gasteiger partial charge in [-0.25, -0.2) is 0 Å². The minimum Gasteiger partial charge on any atom is -0.494 e. The van der Waals surface area contributed by atoms with E-state index in [-0.39, 0.29) is 31.3 Å². The van der Waals surface area contributed by atoms with Gasteiger partial charge < -0.3 is 20.1 Å². The first-order chi connectivity index (χ1) is 7.70. The van der Waals surface area contributed by atoms with Crippen molar-refractivity contribution in [2.24, 2.45) is 0 Å². The second kappa shape index (κ2) is 6.44. The maximum absolute atomic E-state index is 10.2. The number of aliphatic hydroxyl groups excluding tert-OH is 1. The lowest BCUT2D eigenvalue weighted by molar-refractivity contribution is -0.108. The molecule has 6 heteroatoms. The summed E-state index contributed by atoms with van der Waals surface area (Å²) >= 11 is 1.36. The fraction of sp³-hybridized carbons (Fsp3) is 0.500. The van der Waals surface area contributed by atoms with Crippen molar-refractivity contribution in [2.75, 3.05) is 12.4 Å². The molecule has 1 rings (SSSR count). The molecule has 0 amide bonds. The van der Waals surface area contributed by atoms with Crippen LogP contribution in [0.3, 0.4) is 0 Å². The maximum atomic E-state index is 10.2. The zero-order valence-corrected chi connectivity index (χ0v) is 9.61. The average molecular weight is 245 g/mol. The molecular formula is C10H15NO4S. The smallest absolute Gasteiger partial charge is 0.208 e. The van der Waals surface area contributed by atoms with Gasteiger partial charge >= 0.3 is 0 Å². The fourth-order valence-electron chi connectivity index (χ4n) is 1.26. The molecule has 0 aromatic carbocycles. The molecule has 1 heterocycles. The minimum absolute atomic E-state index is 0.0257. The highest BCUT2D eigenvalue weighted by Gasteiger charge is 2.13. The minimum atomic E-state index is -0.0501. The number of hydrogen-bond acceptors (Lipinski definition) is 5. The number of nitrogens with zero attached hydrogens (tertiary/aromatic N) is 1. The standard InChI is InChI=1S/C10H15NO4S/c12-4-1-3-11-9(14)7-8(10(11)15)16-6-2-5-13/h4,7,13-15H,1-3,5-6H2. The Morgan fingerprint density at radius 3 is 2.81 bits per heavy atom. The third-order valence-corrected chi connectivity index (χ3v) is 3.15. The lowest BCUT2D eigenvalue weighted by Crippen LogP contribution is -1.96. The third-order valence-electron chi connectivity index (χ3n) is 2.04. The molecule has 0 fully saturated rings. The highest BCUT2D eigenvalue weighted by molar-refractivity contribution is 7.99. The molecule has 0 atom stereocenters. The van der Waals surface area contributed by atoms with Crippen LogP contribution < -0.4 is 0 Å². The lowest BCUT2D eigenvalue weighted by atomic mass is 10.5. The average Bonchev–Trinajstić information content (AvgIpc) is 2.53. The Hall–Kier alpha value is -1.14. The quantitative estimate of drug-likeness (QED) is 0.379. The van der Waals surface area contributed by atoms with Crippen molar-refractivity contribution in [3.63, 3.8) is 0 Å². The number of carbonyl (C=O) groups excluding carboxylic acids is 1. The Bertz CT molecular complexity index is 351. The maximum Gasteiger partial charge on any atom is 0.208 e. The van der Waals surface area contributed by atoms with Crippen molar-refractivity contribution in [1.29, 1.82) is 0 Å². The van der Waals surface area contributed by atoms with Crippen LogP contribution in [0, 0.1) is 0 Å². The highest BCUT2D eigenvalue weighted by atomic mass is 32.2. The van der Waals surface area contributed by atoms with E-state index in [1.165, 1.54) is 22.4 Å². The summed E-state index contributed by atoms with van der Waals surface area (Å²) < 4.78 is 1.29. The van der Waals surface area contributed by atoms with Crippen molar-refractivity contribution in [3.05, 3.63) is 6.07 Å². The van der Waals surface area contributed by atoms with E-state index < -0.39 is 0 Å². The van der Waals surface area contributed by atoms with E-state index >= 15 is 0 Å². The molecule has 0 aliphatic rings. The van der Waals surface area contributed by atoms with E-state index in [1.54, 1.807) is 0 Å². The van der Waals surface area contributed by atoms with Gasteiger partial charge in [-0.1, -0.05) is 0 Å². The summed E-state index contributed by atoms with van der Waals surface area (Å²) in [7, 11) is 0. The van der Waals surface area contributed by atoms with E-state index in [0.29, 0.717) is 17.1 Å². The number of aromatic hydroxyl groups is 2. The summed E-state index contributed by atoms with van der Waals surface area (Å²) in [6, 6.07) is 1.46. The molecule has 1 aromatic heterocycles. The van der Waals surface area contributed by atoms with Crippen molar-refractivity contribution in [1.82, 2.24) is 4.57 Å². The van der Waals surface area contributed by atoms with Crippen LogP contribution >= 0.6 is 11.8 Å². The van der Waals surface area contributed by atoms with Gasteiger partial charge in [0, 0.05) is 31.4 Å². The second-order valence-electron chi connectivity index (χ2n) is 3.22. The molecule has 5 nitrogen and oxygen atoms in total. The molecule has 1 aromatic rings. The Balaban J connectivity index is 2.68. The summed E-state index contributed by atoms with van der Waals surface area (Å²) in [5, 5.41) is 27.9. The van der Waals surface area contributed by atoms with Gasteiger partial charge in [-0.15, -0.1) is 11.8 Å². The molecule has 0 aliphatic carbocycles. The zero-order valence-electron chi connectivity index (χ0n) is 8.80. The van der Waals surface area contributed by atoms with Gasteiger partial charge in [0.2, 0.25) is 5.88 Å². The van der Waals surface area contributed by atoms with Gasteiger partial charge in [-0.05, 0) is 6.42 Å². The monoisotopic (exact) mass is 245 g/mol. The van der Waals surface area contributed by atoms with Gasteiger partial charge in [-0.2, -0.15) is 0 Å². The molecule has 3 N–H and O–H groups in total. The van der Waals surface area contributed by atoms with Crippen LogP contribution in [0.4, 0.5) is 0 Å². The number of aromatic nitrogens is 1. The number of aliphatic hydroxyl groups is 1. The Labute approximate surface area is 97.7 Å². The second-order valence-corrected chi connectivity index (χ2v) is 4.36. The zero-order chi connectivity index (χ0) is 12.0. The largest absolute Gasteiger partial charge is 0.494 e. The fourth-order valence-corrected chi connectivity index (χ4v) is 2.18. The predicted octanol–water partition coefficient (Wildman–Crippen LogP) is 0.963. The molecule has 0 radical (unpaired) electrons. The SMILES string of the molecule is O=CCCn1c(O)cc(SCCCO)c1O. The van der Waals surface area contributed by atoms with Crippen LogP contribution in [0.5, 0.6) is 11.8 Å². The molecule has 16 heavy (non-hydrogen) atoms. The molecule has 0 bridgehead atoms. The van der Waals surface area contributed by atoms with Crippen molar-refractivity contribution < 1.29 is 20.1 Å². The van der Waals surface area contributed by atoms with Crippen molar-refractivity contribution in [3.8, 4) is 11.8 Å². The third kappa shape index (κ3) is 3.18. The van der Waals surface area contributed by atoms with Crippen LogP contribution in [-0.4, -0.2) is 38.5 Å². The van der Waals surface area contributed by atoms with E-state index in [4.69, 9.17) is 5.11 Å². The Morgan fingerprint density at radius 2 is 2.19 bits per heavy atom. The summed E-state index contributed by atoms with van der Waals surface area (Å²) in [5.41, 5.74) is 0. The molecule has 0 unspecified atom stereocenters. The first kappa shape index (κ1) is 12.9. The van der Waals surface area contributed by atoms with Crippen molar-refractivity contribution in [2.45, 2.75) is 24.3 Å². The molecule has 90 valence electrons. The molecule has 0 saturated carbocycles. The normalized spacial score (nSPS) is 10.6. The molecule has 0 aliphatic heterocycles. The predicted molar refractivity (Wildman–Crippen MR) is 60.9 cm³/mol. The summed E-state index contributed by atoms with van der Waals surface area (Å²) in [6.07, 6.45) is 1.61. The molecule has 0 saturated heterocycles.